The molecule has 6 aromatic rings. The molecule has 0 fully saturated rings. The predicted molar refractivity (Wildman–Crippen MR) is 222 cm³/mol. The van der Waals surface area contributed by atoms with E-state index in [-0.39, 0.29) is 0 Å². The maximum atomic E-state index is 10.0. The van der Waals surface area contributed by atoms with Gasteiger partial charge in [-0.15, -0.1) is 0 Å². The number of rotatable bonds is 16. The normalized spacial score (nSPS) is 12.6. The van der Waals surface area contributed by atoms with Crippen molar-refractivity contribution in [1.82, 2.24) is 0 Å². The van der Waals surface area contributed by atoms with Gasteiger partial charge in [-0.05, 0) is 119 Å². The third kappa shape index (κ3) is 10.2. The van der Waals surface area contributed by atoms with Gasteiger partial charge < -0.3 is 34.4 Å². The van der Waals surface area contributed by atoms with Gasteiger partial charge in [-0.1, -0.05) is 99.1 Å². The maximum Gasteiger partial charge on any atom is 0.197 e. The minimum absolute atomic E-state index is 0.494. The van der Waals surface area contributed by atoms with Gasteiger partial charge in [0, 0.05) is 36.3 Å². The average molecular weight is 736 g/mol. The third-order valence-electron chi connectivity index (χ3n) is 9.26. The van der Waals surface area contributed by atoms with E-state index in [0.29, 0.717) is 36.5 Å². The molecule has 7 nitrogen and oxygen atoms in total. The highest BCUT2D eigenvalue weighted by atomic mass is 16.6. The summed E-state index contributed by atoms with van der Waals surface area (Å²) < 4.78 is 16.8. The minimum atomic E-state index is -0.859. The molecule has 6 aromatic carbocycles. The van der Waals surface area contributed by atoms with Crippen molar-refractivity contribution < 1.29 is 29.5 Å². The summed E-state index contributed by atoms with van der Waals surface area (Å²) in [6.45, 7) is 7.70. The predicted octanol–water partition coefficient (Wildman–Crippen LogP) is 11.0. The first kappa shape index (κ1) is 38.9. The summed E-state index contributed by atoms with van der Waals surface area (Å²) in [5.41, 5.74) is 10.4. The SMILES string of the molecule is CCC(O)Oc1ccc(C(=Cc2ccc(N(c3ccc(C)cc3)c3ccc(-c4ccc(OC(O)CC)cc4)cc3)cc2)c2ccc(OC(O)CC)cc2)cc1. The van der Waals surface area contributed by atoms with Crippen molar-refractivity contribution in [2.45, 2.75) is 65.8 Å². The van der Waals surface area contributed by atoms with Gasteiger partial charge in [0.05, 0.1) is 0 Å². The molecule has 0 aliphatic rings. The summed E-state index contributed by atoms with van der Waals surface area (Å²) in [6, 6.07) is 48.7. The quantitative estimate of drug-likeness (QED) is 0.0673. The van der Waals surface area contributed by atoms with E-state index in [2.05, 4.69) is 90.7 Å². The Labute approximate surface area is 324 Å². The van der Waals surface area contributed by atoms with Gasteiger partial charge in [-0.2, -0.15) is 0 Å². The fourth-order valence-corrected chi connectivity index (χ4v) is 6.04. The summed E-state index contributed by atoms with van der Waals surface area (Å²) >= 11 is 0. The lowest BCUT2D eigenvalue weighted by Crippen LogP contribution is -2.13. The van der Waals surface area contributed by atoms with Gasteiger partial charge in [-0.25, -0.2) is 0 Å². The number of ether oxygens (including phenoxy) is 3. The lowest BCUT2D eigenvalue weighted by molar-refractivity contribution is -0.0196. The van der Waals surface area contributed by atoms with E-state index in [1.807, 2.05) is 93.6 Å². The Kier molecular flexibility index (Phi) is 13.0. The Morgan fingerprint density at radius 2 is 0.800 bits per heavy atom. The number of aliphatic hydroxyl groups is 3. The van der Waals surface area contributed by atoms with Gasteiger partial charge in [-0.3, -0.25) is 0 Å². The second-order valence-electron chi connectivity index (χ2n) is 13.4. The van der Waals surface area contributed by atoms with Crippen molar-refractivity contribution in [2.75, 3.05) is 4.90 Å². The van der Waals surface area contributed by atoms with Crippen LogP contribution in [0.2, 0.25) is 0 Å². The van der Waals surface area contributed by atoms with Crippen LogP contribution in [-0.2, 0) is 0 Å². The van der Waals surface area contributed by atoms with Gasteiger partial charge in [0.25, 0.3) is 0 Å². The largest absolute Gasteiger partial charge is 0.465 e. The van der Waals surface area contributed by atoms with Gasteiger partial charge >= 0.3 is 0 Å². The molecule has 282 valence electrons. The zero-order valence-electron chi connectivity index (χ0n) is 31.8. The van der Waals surface area contributed by atoms with Crippen LogP contribution in [0.4, 0.5) is 17.1 Å². The van der Waals surface area contributed by atoms with Gasteiger partial charge in [0.2, 0.25) is 0 Å². The van der Waals surface area contributed by atoms with E-state index in [9.17, 15) is 15.3 Å². The maximum absolute atomic E-state index is 10.0. The fourth-order valence-electron chi connectivity index (χ4n) is 6.04. The molecule has 6 rings (SSSR count). The summed E-state index contributed by atoms with van der Waals surface area (Å²) in [5, 5.41) is 29.9. The van der Waals surface area contributed by atoms with E-state index in [1.165, 1.54) is 5.56 Å². The fraction of sp³-hybridized carbons (Fsp3) is 0.208. The lowest BCUT2D eigenvalue weighted by atomic mass is 9.95. The summed E-state index contributed by atoms with van der Waals surface area (Å²) in [7, 11) is 0. The van der Waals surface area contributed by atoms with Crippen LogP contribution < -0.4 is 19.1 Å². The molecule has 0 aliphatic carbocycles. The van der Waals surface area contributed by atoms with E-state index in [4.69, 9.17) is 14.2 Å². The Hall–Kier alpha value is -5.86. The molecule has 0 bridgehead atoms. The Bertz CT molecular complexity index is 2050. The van der Waals surface area contributed by atoms with Crippen molar-refractivity contribution >= 4 is 28.7 Å². The van der Waals surface area contributed by atoms with Crippen LogP contribution in [0.1, 0.15) is 62.3 Å². The Morgan fingerprint density at radius 1 is 0.473 bits per heavy atom. The summed E-state index contributed by atoms with van der Waals surface area (Å²) in [6.07, 6.45) is 1.13. The van der Waals surface area contributed by atoms with Crippen LogP contribution in [-0.4, -0.2) is 34.2 Å². The standard InChI is InChI=1S/C48H49NO6/c1-5-46(50)53-42-26-14-36(15-27-42)35-12-24-41(25-13-35)49(39-20-8-33(4)9-21-39)40-22-10-34(11-23-40)32-45(37-16-28-43(29-17-37)54-47(51)6-2)38-18-30-44(31-19-38)55-48(52)7-3/h8-32,46-48,50-52H,5-7H2,1-4H3. The second kappa shape index (κ2) is 18.5. The van der Waals surface area contributed by atoms with E-state index >= 15 is 0 Å². The zero-order chi connectivity index (χ0) is 38.7. The lowest BCUT2D eigenvalue weighted by Gasteiger charge is -2.26. The molecular formula is C48H49NO6. The first-order valence-corrected chi connectivity index (χ1v) is 18.9. The monoisotopic (exact) mass is 735 g/mol. The number of aryl methyl sites for hydroxylation is 1. The third-order valence-corrected chi connectivity index (χ3v) is 9.26. The van der Waals surface area contributed by atoms with Crippen LogP contribution >= 0.6 is 0 Å². The molecule has 0 amide bonds. The molecule has 0 aliphatic heterocycles. The van der Waals surface area contributed by atoms with Crippen LogP contribution in [0.15, 0.2) is 146 Å². The van der Waals surface area contributed by atoms with Crippen LogP contribution in [0.5, 0.6) is 17.2 Å². The highest BCUT2D eigenvalue weighted by molar-refractivity contribution is 5.92. The van der Waals surface area contributed by atoms with Crippen molar-refractivity contribution in [2.24, 2.45) is 0 Å². The molecule has 3 unspecified atom stereocenters. The van der Waals surface area contributed by atoms with Crippen molar-refractivity contribution in [3.63, 3.8) is 0 Å². The Morgan fingerprint density at radius 3 is 1.18 bits per heavy atom. The number of anilines is 3. The molecular weight excluding hydrogens is 687 g/mol. The Balaban J connectivity index is 1.31. The average Bonchev–Trinajstić information content (AvgIpc) is 3.22. The van der Waals surface area contributed by atoms with E-state index in [0.717, 1.165) is 50.5 Å². The van der Waals surface area contributed by atoms with E-state index < -0.39 is 18.9 Å². The molecule has 0 aromatic heterocycles. The van der Waals surface area contributed by atoms with Crippen LogP contribution in [0.25, 0.3) is 22.8 Å². The number of hydrogen-bond acceptors (Lipinski definition) is 7. The number of hydrogen-bond donors (Lipinski definition) is 3. The number of aliphatic hydroxyl groups excluding tert-OH is 3. The highest BCUT2D eigenvalue weighted by Crippen LogP contribution is 2.37. The molecule has 0 saturated heterocycles. The highest BCUT2D eigenvalue weighted by Gasteiger charge is 2.15. The molecule has 7 heteroatoms. The molecule has 0 radical (unpaired) electrons. The molecule has 3 atom stereocenters. The van der Waals surface area contributed by atoms with Crippen LogP contribution in [0, 0.1) is 6.92 Å². The number of benzene rings is 6. The van der Waals surface area contributed by atoms with Gasteiger partial charge in [0.15, 0.2) is 18.9 Å². The smallest absolute Gasteiger partial charge is 0.197 e. The zero-order valence-corrected chi connectivity index (χ0v) is 31.8. The second-order valence-corrected chi connectivity index (χ2v) is 13.4. The minimum Gasteiger partial charge on any atom is -0.465 e. The first-order chi connectivity index (χ1) is 26.7. The van der Waals surface area contributed by atoms with E-state index in [1.54, 1.807) is 0 Å². The summed E-state index contributed by atoms with van der Waals surface area (Å²) in [4.78, 5) is 2.24. The topological polar surface area (TPSA) is 91.6 Å². The summed E-state index contributed by atoms with van der Waals surface area (Å²) in [5.74, 6) is 1.83. The molecule has 55 heavy (non-hydrogen) atoms. The van der Waals surface area contributed by atoms with Gasteiger partial charge in [0.1, 0.15) is 17.2 Å². The number of nitrogens with zero attached hydrogens (tertiary/aromatic N) is 1. The first-order valence-electron chi connectivity index (χ1n) is 18.9. The van der Waals surface area contributed by atoms with Crippen LogP contribution in [0.3, 0.4) is 0 Å². The van der Waals surface area contributed by atoms with Crippen molar-refractivity contribution in [3.8, 4) is 28.4 Å². The van der Waals surface area contributed by atoms with Crippen molar-refractivity contribution in [1.29, 1.82) is 0 Å². The van der Waals surface area contributed by atoms with Crippen molar-refractivity contribution in [3.05, 3.63) is 168 Å². The molecule has 0 saturated carbocycles. The molecule has 0 heterocycles. The molecule has 0 spiro atoms. The molecule has 3 N–H and O–H groups in total.